The molecule has 0 atom stereocenters. The van der Waals surface area contributed by atoms with Gasteiger partial charge in [0.05, 0.1) is 11.9 Å². The van der Waals surface area contributed by atoms with Gasteiger partial charge in [0.2, 0.25) is 0 Å². The summed E-state index contributed by atoms with van der Waals surface area (Å²) < 4.78 is 13.6. The molecule has 28 heavy (non-hydrogen) atoms. The fraction of sp³-hybridized carbons (Fsp3) is 0.217. The van der Waals surface area contributed by atoms with Crippen molar-refractivity contribution in [2.24, 2.45) is 0 Å². The normalized spacial score (nSPS) is 10.5. The molecule has 0 unspecified atom stereocenters. The summed E-state index contributed by atoms with van der Waals surface area (Å²) in [6, 6.07) is 20.5. The number of pyridine rings is 1. The van der Waals surface area contributed by atoms with Crippen LogP contribution in [0.5, 0.6) is 0 Å². The van der Waals surface area contributed by atoms with E-state index in [1.54, 1.807) is 30.5 Å². The van der Waals surface area contributed by atoms with Crippen LogP contribution >= 0.6 is 0 Å². The summed E-state index contributed by atoms with van der Waals surface area (Å²) in [7, 11) is 0. The van der Waals surface area contributed by atoms with Gasteiger partial charge in [0.1, 0.15) is 11.5 Å². The lowest BCUT2D eigenvalue weighted by molar-refractivity contribution is 0.0949. The van der Waals surface area contributed by atoms with Crippen LogP contribution < -0.4 is 10.6 Å². The molecule has 4 nitrogen and oxygen atoms in total. The number of carbonyl (C=O) groups excluding carboxylic acids is 1. The highest BCUT2D eigenvalue weighted by atomic mass is 19.1. The number of nitrogens with zero attached hydrogens (tertiary/aromatic N) is 1. The Kier molecular flexibility index (Phi) is 7.13. The number of hydrogen-bond acceptors (Lipinski definition) is 3. The largest absolute Gasteiger partial charge is 0.384 e. The zero-order chi connectivity index (χ0) is 19.6. The first kappa shape index (κ1) is 19.5. The van der Waals surface area contributed by atoms with Crippen LogP contribution in [-0.4, -0.2) is 24.0 Å². The summed E-state index contributed by atoms with van der Waals surface area (Å²) >= 11 is 0. The predicted octanol–water partition coefficient (Wildman–Crippen LogP) is 4.24. The van der Waals surface area contributed by atoms with E-state index in [0.717, 1.165) is 25.1 Å². The second kappa shape index (κ2) is 10.2. The summed E-state index contributed by atoms with van der Waals surface area (Å²) in [4.78, 5) is 16.4. The summed E-state index contributed by atoms with van der Waals surface area (Å²) in [6.45, 7) is 1.20. The Labute approximate surface area is 164 Å². The van der Waals surface area contributed by atoms with E-state index < -0.39 is 0 Å². The van der Waals surface area contributed by atoms with Gasteiger partial charge in [-0.2, -0.15) is 0 Å². The molecule has 0 aliphatic rings. The lowest BCUT2D eigenvalue weighted by Crippen LogP contribution is -2.26. The number of aryl methyl sites for hydroxylation is 1. The quantitative estimate of drug-likeness (QED) is 0.549. The molecule has 1 aromatic heterocycles. The number of anilines is 1. The number of aromatic nitrogens is 1. The third-order valence-corrected chi connectivity index (χ3v) is 4.45. The van der Waals surface area contributed by atoms with Gasteiger partial charge in [0.15, 0.2) is 0 Å². The van der Waals surface area contributed by atoms with E-state index in [1.807, 2.05) is 24.3 Å². The molecule has 0 saturated carbocycles. The molecule has 0 radical (unpaired) electrons. The minimum atomic E-state index is -0.257. The Hall–Kier alpha value is -3.21. The van der Waals surface area contributed by atoms with Gasteiger partial charge in [-0.15, -0.1) is 0 Å². The molecule has 1 heterocycles. The van der Waals surface area contributed by atoms with Crippen LogP contribution in [-0.2, 0) is 12.8 Å². The molecule has 0 aliphatic heterocycles. The summed E-state index contributed by atoms with van der Waals surface area (Å²) in [5, 5.41) is 6.09. The molecule has 5 heteroatoms. The smallest absolute Gasteiger partial charge is 0.269 e. The number of rotatable bonds is 9. The van der Waals surface area contributed by atoms with Gasteiger partial charge < -0.3 is 10.6 Å². The maximum atomic E-state index is 13.6. The third kappa shape index (κ3) is 5.91. The molecular weight excluding hydrogens is 353 g/mol. The van der Waals surface area contributed by atoms with Crippen LogP contribution in [0, 0.1) is 5.82 Å². The van der Waals surface area contributed by atoms with Crippen molar-refractivity contribution >= 4 is 11.6 Å². The lowest BCUT2D eigenvalue weighted by Gasteiger charge is -2.08. The number of amides is 1. The molecule has 0 fully saturated rings. The van der Waals surface area contributed by atoms with Crippen molar-refractivity contribution in [3.05, 3.63) is 95.6 Å². The van der Waals surface area contributed by atoms with Gasteiger partial charge in [-0.1, -0.05) is 48.5 Å². The second-order valence-corrected chi connectivity index (χ2v) is 6.55. The Morgan fingerprint density at radius 2 is 1.68 bits per heavy atom. The first-order valence-electron chi connectivity index (χ1n) is 9.48. The van der Waals surface area contributed by atoms with Crippen molar-refractivity contribution in [2.75, 3.05) is 18.4 Å². The zero-order valence-corrected chi connectivity index (χ0v) is 15.7. The van der Waals surface area contributed by atoms with Gasteiger partial charge in [-0.05, 0) is 48.6 Å². The highest BCUT2D eigenvalue weighted by Gasteiger charge is 2.07. The van der Waals surface area contributed by atoms with E-state index in [-0.39, 0.29) is 11.7 Å². The number of nitrogens with one attached hydrogen (secondary N) is 2. The van der Waals surface area contributed by atoms with Crippen LogP contribution in [0.2, 0.25) is 0 Å². The van der Waals surface area contributed by atoms with Gasteiger partial charge in [-0.3, -0.25) is 4.79 Å². The SMILES string of the molecule is O=C(NCCc1ccccc1F)c1ccc(NCCCc2ccccc2)cn1. The Bertz CT molecular complexity index is 882. The first-order valence-corrected chi connectivity index (χ1v) is 9.48. The van der Waals surface area contributed by atoms with Gasteiger partial charge in [-0.25, -0.2) is 9.37 Å². The standard InChI is InChI=1S/C23H24FN3O/c24-21-11-5-4-10-19(21)14-16-26-23(28)22-13-12-20(17-27-22)25-15-6-9-18-7-2-1-3-8-18/h1-5,7-8,10-13,17,25H,6,9,14-16H2,(H,26,28). The first-order chi connectivity index (χ1) is 13.7. The number of benzene rings is 2. The summed E-state index contributed by atoms with van der Waals surface area (Å²) in [5.41, 5.74) is 3.15. The van der Waals surface area contributed by atoms with E-state index in [0.29, 0.717) is 24.2 Å². The molecule has 0 bridgehead atoms. The molecule has 0 saturated heterocycles. The molecule has 1 amide bonds. The molecule has 2 N–H and O–H groups in total. The second-order valence-electron chi connectivity index (χ2n) is 6.55. The topological polar surface area (TPSA) is 54.0 Å². The molecule has 2 aromatic carbocycles. The summed E-state index contributed by atoms with van der Waals surface area (Å²) in [5.74, 6) is -0.510. The van der Waals surface area contributed by atoms with E-state index in [4.69, 9.17) is 0 Å². The highest BCUT2D eigenvalue weighted by Crippen LogP contribution is 2.09. The molecule has 3 rings (SSSR count). The molecular formula is C23H24FN3O. The molecule has 144 valence electrons. The number of hydrogen-bond donors (Lipinski definition) is 2. The van der Waals surface area contributed by atoms with Crippen molar-refractivity contribution in [1.82, 2.24) is 10.3 Å². The minimum Gasteiger partial charge on any atom is -0.384 e. The van der Waals surface area contributed by atoms with Crippen molar-refractivity contribution in [3.63, 3.8) is 0 Å². The molecule has 0 aliphatic carbocycles. The Balaban J connectivity index is 1.39. The van der Waals surface area contributed by atoms with Crippen molar-refractivity contribution in [1.29, 1.82) is 0 Å². The fourth-order valence-electron chi connectivity index (χ4n) is 2.91. The predicted molar refractivity (Wildman–Crippen MR) is 110 cm³/mol. The van der Waals surface area contributed by atoms with E-state index >= 15 is 0 Å². The number of halogens is 1. The van der Waals surface area contributed by atoms with Crippen molar-refractivity contribution < 1.29 is 9.18 Å². The molecule has 3 aromatic rings. The third-order valence-electron chi connectivity index (χ3n) is 4.45. The average molecular weight is 377 g/mol. The zero-order valence-electron chi connectivity index (χ0n) is 15.7. The fourth-order valence-corrected chi connectivity index (χ4v) is 2.91. The van der Waals surface area contributed by atoms with Crippen LogP contribution in [0.3, 0.4) is 0 Å². The highest BCUT2D eigenvalue weighted by molar-refractivity contribution is 5.92. The van der Waals surface area contributed by atoms with Crippen LogP contribution in [0.4, 0.5) is 10.1 Å². The lowest BCUT2D eigenvalue weighted by atomic mass is 10.1. The minimum absolute atomic E-state index is 0.252. The van der Waals surface area contributed by atoms with E-state index in [1.165, 1.54) is 11.6 Å². The van der Waals surface area contributed by atoms with Gasteiger partial charge >= 0.3 is 0 Å². The van der Waals surface area contributed by atoms with Crippen LogP contribution in [0.25, 0.3) is 0 Å². The maximum absolute atomic E-state index is 13.6. The molecule has 0 spiro atoms. The van der Waals surface area contributed by atoms with Gasteiger partial charge in [0, 0.05) is 13.1 Å². The Morgan fingerprint density at radius 3 is 2.43 bits per heavy atom. The van der Waals surface area contributed by atoms with Crippen LogP contribution in [0.15, 0.2) is 72.9 Å². The average Bonchev–Trinajstić information content (AvgIpc) is 2.74. The van der Waals surface area contributed by atoms with Crippen molar-refractivity contribution in [3.8, 4) is 0 Å². The van der Waals surface area contributed by atoms with Crippen LogP contribution in [0.1, 0.15) is 28.0 Å². The van der Waals surface area contributed by atoms with E-state index in [2.05, 4.69) is 27.8 Å². The monoisotopic (exact) mass is 377 g/mol. The van der Waals surface area contributed by atoms with Crippen molar-refractivity contribution in [2.45, 2.75) is 19.3 Å². The van der Waals surface area contributed by atoms with E-state index in [9.17, 15) is 9.18 Å². The summed E-state index contributed by atoms with van der Waals surface area (Å²) in [6.07, 6.45) is 4.14. The van der Waals surface area contributed by atoms with Gasteiger partial charge in [0.25, 0.3) is 5.91 Å². The number of carbonyl (C=O) groups is 1. The maximum Gasteiger partial charge on any atom is 0.269 e. The Morgan fingerprint density at radius 1 is 0.893 bits per heavy atom.